The van der Waals surface area contributed by atoms with Gasteiger partial charge in [0, 0.05) is 42.0 Å². The van der Waals surface area contributed by atoms with Crippen molar-refractivity contribution in [1.29, 1.82) is 0 Å². The molecule has 214 valence electrons. The van der Waals surface area contributed by atoms with Gasteiger partial charge < -0.3 is 24.0 Å². The summed E-state index contributed by atoms with van der Waals surface area (Å²) in [5.41, 5.74) is 2.07. The molecule has 1 amide bonds. The van der Waals surface area contributed by atoms with Crippen LogP contribution in [-0.2, 0) is 14.7 Å². The van der Waals surface area contributed by atoms with E-state index in [0.717, 1.165) is 11.1 Å². The number of rotatable bonds is 7. The lowest BCUT2D eigenvalue weighted by molar-refractivity contribution is -0.0507. The monoisotopic (exact) mass is 585 g/mol. The van der Waals surface area contributed by atoms with Crippen LogP contribution in [0.3, 0.4) is 0 Å². The van der Waals surface area contributed by atoms with Crippen molar-refractivity contribution in [3.63, 3.8) is 0 Å². The minimum absolute atomic E-state index is 0.0393. The van der Waals surface area contributed by atoms with Crippen LogP contribution in [0, 0.1) is 0 Å². The topological polar surface area (TPSA) is 140 Å². The summed E-state index contributed by atoms with van der Waals surface area (Å²) in [5.74, 6) is 0.463. The number of phosphoric acid groups is 1. The fourth-order valence-electron chi connectivity index (χ4n) is 5.85. The van der Waals surface area contributed by atoms with E-state index in [4.69, 9.17) is 14.2 Å². The Morgan fingerprint density at radius 3 is 2.51 bits per heavy atom. The molecule has 6 rings (SSSR count). The van der Waals surface area contributed by atoms with Gasteiger partial charge in [0.05, 0.1) is 23.1 Å². The van der Waals surface area contributed by atoms with Crippen LogP contribution in [0.1, 0.15) is 66.8 Å². The third kappa shape index (κ3) is 4.68. The summed E-state index contributed by atoms with van der Waals surface area (Å²) < 4.78 is 49.8. The van der Waals surface area contributed by atoms with E-state index in [2.05, 4.69) is 9.97 Å². The van der Waals surface area contributed by atoms with E-state index in [0.29, 0.717) is 41.0 Å². The predicted octanol–water partition coefficient (Wildman–Crippen LogP) is 4.95. The molecule has 4 aromatic rings. The number of imidazole rings is 1. The van der Waals surface area contributed by atoms with Gasteiger partial charge in [-0.05, 0) is 50.6 Å². The first-order valence-corrected chi connectivity index (χ1v) is 14.4. The van der Waals surface area contributed by atoms with Gasteiger partial charge in [0.2, 0.25) is 0 Å². The van der Waals surface area contributed by atoms with Crippen molar-refractivity contribution < 1.29 is 37.2 Å². The van der Waals surface area contributed by atoms with E-state index in [1.54, 1.807) is 17.0 Å². The van der Waals surface area contributed by atoms with Gasteiger partial charge >= 0.3 is 14.4 Å². The molecule has 2 aromatic carbocycles. The minimum atomic E-state index is -4.77. The smallest absolute Gasteiger partial charge is 0.434 e. The number of carbonyl (C=O) groups is 1. The highest BCUT2D eigenvalue weighted by molar-refractivity contribution is 7.46. The number of aromatic nitrogens is 4. The molecule has 2 aromatic heterocycles. The SMILES string of the molecule is CCN1C(=O)c2cccc(OC(F)F)c2C2C[C@@H]1c1nc3ccc(-c4cnc(C(C)(C)OP(=O)(O)O)nc4)cc3n12. The highest BCUT2D eigenvalue weighted by Crippen LogP contribution is 2.50. The van der Waals surface area contributed by atoms with Crippen LogP contribution in [0.4, 0.5) is 8.78 Å². The Hall–Kier alpha value is -3.77. The van der Waals surface area contributed by atoms with Crippen molar-refractivity contribution in [1.82, 2.24) is 24.4 Å². The summed E-state index contributed by atoms with van der Waals surface area (Å²) in [7, 11) is -4.77. The van der Waals surface area contributed by atoms with Gasteiger partial charge in [-0.1, -0.05) is 12.1 Å². The Bertz CT molecular complexity index is 1720. The average Bonchev–Trinajstić information content (AvgIpc) is 3.41. The zero-order valence-electron chi connectivity index (χ0n) is 22.2. The van der Waals surface area contributed by atoms with Crippen LogP contribution in [0.2, 0.25) is 0 Å². The average molecular weight is 586 g/mol. The number of benzene rings is 2. The molecule has 4 heterocycles. The third-order valence-electron chi connectivity index (χ3n) is 7.47. The number of carbonyl (C=O) groups excluding carboxylic acids is 1. The molecule has 2 bridgehead atoms. The summed E-state index contributed by atoms with van der Waals surface area (Å²) in [6.07, 6.45) is 3.52. The molecule has 2 aliphatic heterocycles. The van der Waals surface area contributed by atoms with Crippen LogP contribution >= 0.6 is 7.82 Å². The number of halogens is 2. The molecule has 0 aliphatic carbocycles. The summed E-state index contributed by atoms with van der Waals surface area (Å²) >= 11 is 0. The molecule has 1 unspecified atom stereocenters. The van der Waals surface area contributed by atoms with Gasteiger partial charge in [-0.25, -0.2) is 19.5 Å². The molecule has 2 atom stereocenters. The molecule has 2 aliphatic rings. The maximum absolute atomic E-state index is 13.5. The minimum Gasteiger partial charge on any atom is -0.434 e. The Balaban J connectivity index is 1.46. The van der Waals surface area contributed by atoms with E-state index in [1.165, 1.54) is 32.3 Å². The summed E-state index contributed by atoms with van der Waals surface area (Å²) in [5, 5.41) is 0. The predicted molar refractivity (Wildman–Crippen MR) is 142 cm³/mol. The van der Waals surface area contributed by atoms with E-state index in [1.807, 2.05) is 29.7 Å². The lowest BCUT2D eigenvalue weighted by Crippen LogP contribution is -2.34. The number of hydrogen-bond donors (Lipinski definition) is 2. The largest absolute Gasteiger partial charge is 0.470 e. The molecule has 0 fully saturated rings. The van der Waals surface area contributed by atoms with Crippen molar-refractivity contribution in [3.05, 3.63) is 71.6 Å². The number of nitrogens with zero attached hydrogens (tertiary/aromatic N) is 5. The third-order valence-corrected chi connectivity index (χ3v) is 8.16. The Kier molecular flexibility index (Phi) is 6.46. The van der Waals surface area contributed by atoms with Gasteiger partial charge in [0.1, 0.15) is 17.2 Å². The van der Waals surface area contributed by atoms with Crippen molar-refractivity contribution in [2.75, 3.05) is 6.54 Å². The molecule has 0 spiro atoms. The van der Waals surface area contributed by atoms with E-state index in [9.17, 15) is 27.9 Å². The number of alkyl halides is 2. The number of hydrogen-bond acceptors (Lipinski definition) is 7. The first-order chi connectivity index (χ1) is 19.4. The van der Waals surface area contributed by atoms with Crippen molar-refractivity contribution in [3.8, 4) is 16.9 Å². The van der Waals surface area contributed by atoms with Crippen molar-refractivity contribution in [2.24, 2.45) is 0 Å². The normalized spacial score (nSPS) is 18.5. The van der Waals surface area contributed by atoms with E-state index in [-0.39, 0.29) is 23.5 Å². The van der Waals surface area contributed by atoms with Gasteiger partial charge in [-0.2, -0.15) is 8.78 Å². The maximum atomic E-state index is 13.5. The van der Waals surface area contributed by atoms with Crippen LogP contribution in [0.5, 0.6) is 5.75 Å². The number of amides is 1. The highest BCUT2D eigenvalue weighted by atomic mass is 31.2. The van der Waals surface area contributed by atoms with Crippen LogP contribution in [0.25, 0.3) is 22.2 Å². The van der Waals surface area contributed by atoms with Gasteiger partial charge in [0.15, 0.2) is 5.82 Å². The maximum Gasteiger partial charge on any atom is 0.470 e. The van der Waals surface area contributed by atoms with Crippen LogP contribution in [-0.4, -0.2) is 53.3 Å². The Labute approximate surface area is 233 Å². The van der Waals surface area contributed by atoms with Crippen LogP contribution in [0.15, 0.2) is 48.8 Å². The lowest BCUT2D eigenvalue weighted by atomic mass is 9.97. The summed E-state index contributed by atoms with van der Waals surface area (Å²) in [6.45, 7) is 2.15. The first kappa shape index (κ1) is 27.4. The molecule has 0 saturated heterocycles. The lowest BCUT2D eigenvalue weighted by Gasteiger charge is -2.27. The standard InChI is InChI=1S/C27H26F2N5O6P/c1-4-33-20-11-19(22-16(24(33)35)6-5-7-21(22)39-26(28)29)34-18-10-14(8-9-17(18)32-23(20)34)15-12-30-25(31-13-15)27(2,3)40-41(36,37)38/h5-10,12-13,19-20,26H,4,11H2,1-3H3,(H2,36,37,38)/t19?,20-/m1/s1. The molecule has 41 heavy (non-hydrogen) atoms. The zero-order chi connectivity index (χ0) is 29.3. The molecule has 0 saturated carbocycles. The second-order valence-electron chi connectivity index (χ2n) is 10.4. The van der Waals surface area contributed by atoms with Gasteiger partial charge in [-0.3, -0.25) is 9.32 Å². The number of phosphoric ester groups is 1. The highest BCUT2D eigenvalue weighted by Gasteiger charge is 2.45. The molecule has 2 N–H and O–H groups in total. The summed E-state index contributed by atoms with van der Waals surface area (Å²) in [4.78, 5) is 47.1. The van der Waals surface area contributed by atoms with Gasteiger partial charge in [0.25, 0.3) is 5.91 Å². The molecular formula is C27H26F2N5O6P. The Morgan fingerprint density at radius 1 is 1.12 bits per heavy atom. The van der Waals surface area contributed by atoms with Gasteiger partial charge in [-0.15, -0.1) is 0 Å². The molecule has 14 heteroatoms. The van der Waals surface area contributed by atoms with Crippen LogP contribution < -0.4 is 4.74 Å². The molecule has 0 radical (unpaired) electrons. The quantitative estimate of drug-likeness (QED) is 0.288. The molecular weight excluding hydrogens is 559 g/mol. The fourth-order valence-corrected chi connectivity index (χ4v) is 6.53. The van der Waals surface area contributed by atoms with E-state index >= 15 is 0 Å². The van der Waals surface area contributed by atoms with Crippen molar-refractivity contribution in [2.45, 2.75) is 51.5 Å². The fraction of sp³-hybridized carbons (Fsp3) is 0.333. The Morgan fingerprint density at radius 2 is 1.85 bits per heavy atom. The summed E-state index contributed by atoms with van der Waals surface area (Å²) in [6, 6.07) is 9.39. The number of fused-ring (bicyclic) bond motifs is 9. The second kappa shape index (κ2) is 9.66. The number of ether oxygens (including phenoxy) is 1. The first-order valence-electron chi connectivity index (χ1n) is 12.9. The van der Waals surface area contributed by atoms with E-state index < -0.39 is 26.1 Å². The molecule has 11 nitrogen and oxygen atoms in total. The second-order valence-corrected chi connectivity index (χ2v) is 11.5. The zero-order valence-corrected chi connectivity index (χ0v) is 23.1. The van der Waals surface area contributed by atoms with Crippen molar-refractivity contribution >= 4 is 24.8 Å².